The Morgan fingerprint density at radius 1 is 1.36 bits per heavy atom. The van der Waals surface area contributed by atoms with Gasteiger partial charge in [-0.15, -0.1) is 0 Å². The van der Waals surface area contributed by atoms with Crippen molar-refractivity contribution in [1.82, 2.24) is 9.80 Å². The number of hydrogen-bond acceptors (Lipinski definition) is 2. The van der Waals surface area contributed by atoms with Crippen molar-refractivity contribution in [2.24, 2.45) is 5.73 Å². The van der Waals surface area contributed by atoms with Crippen molar-refractivity contribution in [3.05, 3.63) is 0 Å². The van der Waals surface area contributed by atoms with Crippen LogP contribution in [0.1, 0.15) is 6.42 Å². The third-order valence-electron chi connectivity index (χ3n) is 1.41. The van der Waals surface area contributed by atoms with Crippen LogP contribution in [-0.4, -0.2) is 50.1 Å². The van der Waals surface area contributed by atoms with E-state index in [2.05, 4.69) is 0 Å². The number of rotatable bonds is 3. The first-order valence-corrected chi connectivity index (χ1v) is 3.72. The molecule has 2 amide bonds. The molecule has 0 aromatic heterocycles. The molecular weight excluding hydrogens is 142 g/mol. The summed E-state index contributed by atoms with van der Waals surface area (Å²) in [7, 11) is 5.25. The van der Waals surface area contributed by atoms with Gasteiger partial charge >= 0.3 is 6.03 Å². The van der Waals surface area contributed by atoms with E-state index < -0.39 is 0 Å². The highest BCUT2D eigenvalue weighted by Crippen LogP contribution is 1.91. The summed E-state index contributed by atoms with van der Waals surface area (Å²) in [6, 6.07) is 0.0263. The number of nitrogens with zero attached hydrogens (tertiary/aromatic N) is 2. The molecule has 0 atom stereocenters. The van der Waals surface area contributed by atoms with Gasteiger partial charge in [-0.3, -0.25) is 0 Å². The molecule has 0 rings (SSSR count). The maximum absolute atomic E-state index is 11.2. The van der Waals surface area contributed by atoms with Crippen LogP contribution in [-0.2, 0) is 0 Å². The van der Waals surface area contributed by atoms with Gasteiger partial charge in [0.15, 0.2) is 0 Å². The Balaban J connectivity index is 3.64. The Labute approximate surface area is 67.9 Å². The lowest BCUT2D eigenvalue weighted by atomic mass is 10.4. The van der Waals surface area contributed by atoms with Crippen LogP contribution >= 0.6 is 0 Å². The highest BCUT2D eigenvalue weighted by Gasteiger charge is 2.08. The summed E-state index contributed by atoms with van der Waals surface area (Å²) in [6.45, 7) is 1.36. The topological polar surface area (TPSA) is 49.6 Å². The smallest absolute Gasteiger partial charge is 0.319 e. The maximum atomic E-state index is 11.2. The van der Waals surface area contributed by atoms with Gasteiger partial charge in [0.1, 0.15) is 0 Å². The van der Waals surface area contributed by atoms with Gasteiger partial charge < -0.3 is 15.5 Å². The molecule has 0 saturated heterocycles. The molecule has 0 aliphatic heterocycles. The summed E-state index contributed by atoms with van der Waals surface area (Å²) in [5, 5.41) is 0. The van der Waals surface area contributed by atoms with Crippen molar-refractivity contribution < 1.29 is 4.79 Å². The number of carbonyl (C=O) groups is 1. The quantitative estimate of drug-likeness (QED) is 0.627. The predicted molar refractivity (Wildman–Crippen MR) is 45.4 cm³/mol. The van der Waals surface area contributed by atoms with Gasteiger partial charge in [0.05, 0.1) is 0 Å². The zero-order chi connectivity index (χ0) is 8.85. The minimum absolute atomic E-state index is 0.0263. The van der Waals surface area contributed by atoms with Gasteiger partial charge in [-0.1, -0.05) is 0 Å². The third-order valence-corrected chi connectivity index (χ3v) is 1.41. The number of nitrogens with two attached hydrogens (primary N) is 1. The molecule has 0 spiro atoms. The van der Waals surface area contributed by atoms with Crippen molar-refractivity contribution in [2.45, 2.75) is 6.42 Å². The monoisotopic (exact) mass is 159 g/mol. The van der Waals surface area contributed by atoms with Crippen LogP contribution in [0.15, 0.2) is 0 Å². The Morgan fingerprint density at radius 3 is 2.27 bits per heavy atom. The molecule has 66 valence electrons. The Hall–Kier alpha value is -0.770. The molecule has 0 aromatic carbocycles. The van der Waals surface area contributed by atoms with Crippen LogP contribution in [0.25, 0.3) is 0 Å². The summed E-state index contributed by atoms with van der Waals surface area (Å²) in [6.07, 6.45) is 0.857. The number of urea groups is 1. The molecule has 0 aromatic rings. The molecule has 0 fully saturated rings. The van der Waals surface area contributed by atoms with E-state index in [-0.39, 0.29) is 6.03 Å². The molecule has 2 N–H and O–H groups in total. The van der Waals surface area contributed by atoms with E-state index in [4.69, 9.17) is 5.73 Å². The van der Waals surface area contributed by atoms with E-state index in [0.717, 1.165) is 13.0 Å². The minimum atomic E-state index is 0.0263. The average Bonchev–Trinajstić information content (AvgIpc) is 1.98. The summed E-state index contributed by atoms with van der Waals surface area (Å²) in [5.41, 5.74) is 5.30. The molecule has 4 heteroatoms. The van der Waals surface area contributed by atoms with Crippen LogP contribution < -0.4 is 5.73 Å². The largest absolute Gasteiger partial charge is 0.331 e. The first-order valence-electron chi connectivity index (χ1n) is 3.72. The van der Waals surface area contributed by atoms with Crippen LogP contribution in [0.5, 0.6) is 0 Å². The standard InChI is InChI=1S/C7H17N3O/c1-9(2)7(11)10(3)6-4-5-8/h4-6,8H2,1-3H3. The first kappa shape index (κ1) is 10.2. The van der Waals surface area contributed by atoms with Gasteiger partial charge in [0.2, 0.25) is 0 Å². The molecular formula is C7H17N3O. The van der Waals surface area contributed by atoms with E-state index >= 15 is 0 Å². The number of amides is 2. The molecule has 0 radical (unpaired) electrons. The normalized spacial score (nSPS) is 9.45. The van der Waals surface area contributed by atoms with Gasteiger partial charge in [-0.25, -0.2) is 4.79 Å². The van der Waals surface area contributed by atoms with Gasteiger partial charge in [0, 0.05) is 27.7 Å². The molecule has 0 unspecified atom stereocenters. The van der Waals surface area contributed by atoms with Crippen LogP contribution in [0.3, 0.4) is 0 Å². The summed E-state index contributed by atoms with van der Waals surface area (Å²) >= 11 is 0. The number of carbonyl (C=O) groups excluding carboxylic acids is 1. The lowest BCUT2D eigenvalue weighted by molar-refractivity contribution is 0.181. The Kier molecular flexibility index (Phi) is 4.61. The molecule has 0 aliphatic carbocycles. The van der Waals surface area contributed by atoms with Gasteiger partial charge in [-0.2, -0.15) is 0 Å². The third kappa shape index (κ3) is 3.83. The van der Waals surface area contributed by atoms with Gasteiger partial charge in [-0.05, 0) is 13.0 Å². The van der Waals surface area contributed by atoms with Crippen molar-refractivity contribution in [3.8, 4) is 0 Å². The van der Waals surface area contributed by atoms with Crippen molar-refractivity contribution in [2.75, 3.05) is 34.2 Å². The lowest BCUT2D eigenvalue weighted by Crippen LogP contribution is -2.37. The maximum Gasteiger partial charge on any atom is 0.319 e. The average molecular weight is 159 g/mol. The fraction of sp³-hybridized carbons (Fsp3) is 0.857. The second-order valence-electron chi connectivity index (χ2n) is 2.74. The van der Waals surface area contributed by atoms with Crippen molar-refractivity contribution in [3.63, 3.8) is 0 Å². The van der Waals surface area contributed by atoms with E-state index in [1.165, 1.54) is 0 Å². The van der Waals surface area contributed by atoms with Crippen LogP contribution in [0.2, 0.25) is 0 Å². The van der Waals surface area contributed by atoms with Crippen molar-refractivity contribution in [1.29, 1.82) is 0 Å². The molecule has 4 nitrogen and oxygen atoms in total. The van der Waals surface area contributed by atoms with E-state index in [0.29, 0.717) is 6.54 Å². The number of hydrogen-bond donors (Lipinski definition) is 1. The Bertz CT molecular complexity index is 125. The lowest BCUT2D eigenvalue weighted by Gasteiger charge is -2.21. The van der Waals surface area contributed by atoms with Gasteiger partial charge in [0.25, 0.3) is 0 Å². The minimum Gasteiger partial charge on any atom is -0.331 e. The molecule has 0 bridgehead atoms. The highest BCUT2D eigenvalue weighted by molar-refractivity contribution is 5.73. The Morgan fingerprint density at radius 2 is 1.91 bits per heavy atom. The predicted octanol–water partition coefficient (Wildman–Crippen LogP) is -0.0514. The summed E-state index contributed by atoms with van der Waals surface area (Å²) < 4.78 is 0. The zero-order valence-corrected chi connectivity index (χ0v) is 7.50. The van der Waals surface area contributed by atoms with Crippen LogP contribution in [0.4, 0.5) is 4.79 Å². The van der Waals surface area contributed by atoms with E-state index in [1.54, 1.807) is 30.9 Å². The zero-order valence-electron chi connectivity index (χ0n) is 7.50. The fourth-order valence-corrected chi connectivity index (χ4v) is 0.766. The van der Waals surface area contributed by atoms with E-state index in [9.17, 15) is 4.79 Å². The molecule has 0 saturated carbocycles. The first-order chi connectivity index (χ1) is 5.09. The van der Waals surface area contributed by atoms with E-state index in [1.807, 2.05) is 0 Å². The van der Waals surface area contributed by atoms with Crippen molar-refractivity contribution >= 4 is 6.03 Å². The molecule has 0 aliphatic rings. The van der Waals surface area contributed by atoms with Crippen LogP contribution in [0, 0.1) is 0 Å². The summed E-state index contributed by atoms with van der Waals surface area (Å²) in [5.74, 6) is 0. The highest BCUT2D eigenvalue weighted by atomic mass is 16.2. The fourth-order valence-electron chi connectivity index (χ4n) is 0.766. The molecule has 0 heterocycles. The molecule has 11 heavy (non-hydrogen) atoms. The summed E-state index contributed by atoms with van der Waals surface area (Å²) in [4.78, 5) is 14.4. The second kappa shape index (κ2) is 4.96. The second-order valence-corrected chi connectivity index (χ2v) is 2.74. The SMILES string of the molecule is CN(C)C(=O)N(C)CCCN.